The van der Waals surface area contributed by atoms with Crippen molar-refractivity contribution in [2.75, 3.05) is 0 Å². The quantitative estimate of drug-likeness (QED) is 0.645. The lowest BCUT2D eigenvalue weighted by Gasteiger charge is -2.32. The van der Waals surface area contributed by atoms with Crippen LogP contribution in [0.2, 0.25) is 0 Å². The molecular formula is C12H13N5O4. The maximum absolute atomic E-state index is 12.5. The number of carboxylic acids is 1. The zero-order valence-electron chi connectivity index (χ0n) is 11.0. The number of hydrazone groups is 1. The van der Waals surface area contributed by atoms with Gasteiger partial charge in [0.05, 0.1) is 24.3 Å². The first-order chi connectivity index (χ1) is 10.1. The van der Waals surface area contributed by atoms with Gasteiger partial charge in [0.1, 0.15) is 11.8 Å². The molecule has 0 fully saturated rings. The number of nitrogens with zero attached hydrogens (tertiary/aromatic N) is 3. The van der Waals surface area contributed by atoms with Crippen molar-refractivity contribution in [2.45, 2.75) is 31.8 Å². The third-order valence-electron chi connectivity index (χ3n) is 3.60. The molecule has 1 atom stereocenters. The van der Waals surface area contributed by atoms with Crippen LogP contribution in [0.15, 0.2) is 11.4 Å². The van der Waals surface area contributed by atoms with E-state index in [2.05, 4.69) is 20.5 Å². The summed E-state index contributed by atoms with van der Waals surface area (Å²) in [6.45, 7) is 0.137. The standard InChI is InChI=1S/C12H13N5O4/c18-10-2-1-6(15-16-10)11(19)17-4-8-7(13-5-14-8)3-9(17)12(20)21/h5,9H,1-4H2,(H,13,14)(H,16,18)(H,20,21). The van der Waals surface area contributed by atoms with Crippen molar-refractivity contribution in [2.24, 2.45) is 5.10 Å². The van der Waals surface area contributed by atoms with Gasteiger partial charge in [-0.1, -0.05) is 0 Å². The SMILES string of the molecule is O=C1CCC(C(=O)N2Cc3[nH]cnc3CC2C(=O)O)=NN1. The molecule has 0 radical (unpaired) electrons. The molecule has 21 heavy (non-hydrogen) atoms. The summed E-state index contributed by atoms with van der Waals surface area (Å²) in [5.41, 5.74) is 3.80. The van der Waals surface area contributed by atoms with Crippen molar-refractivity contribution in [1.29, 1.82) is 0 Å². The van der Waals surface area contributed by atoms with E-state index in [1.165, 1.54) is 11.2 Å². The average Bonchev–Trinajstić information content (AvgIpc) is 2.93. The Labute approximate surface area is 119 Å². The molecule has 9 heteroatoms. The summed E-state index contributed by atoms with van der Waals surface area (Å²) in [6, 6.07) is -0.978. The fourth-order valence-electron chi connectivity index (χ4n) is 2.46. The smallest absolute Gasteiger partial charge is 0.326 e. The topological polar surface area (TPSA) is 128 Å². The molecule has 1 unspecified atom stereocenters. The molecule has 0 aromatic carbocycles. The predicted octanol–water partition coefficient (Wildman–Crippen LogP) is -0.986. The number of carboxylic acid groups (broad SMARTS) is 1. The van der Waals surface area contributed by atoms with E-state index in [1.807, 2.05) is 0 Å². The third-order valence-corrected chi connectivity index (χ3v) is 3.60. The van der Waals surface area contributed by atoms with Crippen molar-refractivity contribution in [3.63, 3.8) is 0 Å². The summed E-state index contributed by atoms with van der Waals surface area (Å²) < 4.78 is 0. The zero-order chi connectivity index (χ0) is 15.0. The fraction of sp³-hybridized carbons (Fsp3) is 0.417. The van der Waals surface area contributed by atoms with Crippen LogP contribution in [0.4, 0.5) is 0 Å². The molecule has 0 aliphatic carbocycles. The Hall–Kier alpha value is -2.71. The monoisotopic (exact) mass is 291 g/mol. The van der Waals surface area contributed by atoms with E-state index < -0.39 is 17.9 Å². The molecule has 0 bridgehead atoms. The van der Waals surface area contributed by atoms with Gasteiger partial charge in [-0.25, -0.2) is 15.2 Å². The Balaban J connectivity index is 1.87. The number of aliphatic carboxylic acids is 1. The van der Waals surface area contributed by atoms with E-state index in [0.717, 1.165) is 5.69 Å². The Morgan fingerprint density at radius 2 is 2.19 bits per heavy atom. The number of H-pyrrole nitrogens is 1. The highest BCUT2D eigenvalue weighted by molar-refractivity contribution is 6.39. The van der Waals surface area contributed by atoms with Crippen molar-refractivity contribution < 1.29 is 19.5 Å². The molecule has 2 aliphatic heterocycles. The van der Waals surface area contributed by atoms with E-state index >= 15 is 0 Å². The summed E-state index contributed by atoms with van der Waals surface area (Å²) in [6.07, 6.45) is 2.02. The van der Waals surface area contributed by atoms with Gasteiger partial charge in [0.25, 0.3) is 5.91 Å². The Morgan fingerprint density at radius 1 is 1.38 bits per heavy atom. The molecule has 3 rings (SSSR count). The summed E-state index contributed by atoms with van der Waals surface area (Å²) in [4.78, 5) is 43.1. The minimum Gasteiger partial charge on any atom is -0.480 e. The first-order valence-corrected chi connectivity index (χ1v) is 6.46. The van der Waals surface area contributed by atoms with Gasteiger partial charge in [-0.2, -0.15) is 5.10 Å². The molecule has 0 spiro atoms. The number of aromatic nitrogens is 2. The minimum atomic E-state index is -1.09. The fourth-order valence-corrected chi connectivity index (χ4v) is 2.46. The number of nitrogens with one attached hydrogen (secondary N) is 2. The van der Waals surface area contributed by atoms with Crippen LogP contribution >= 0.6 is 0 Å². The number of imidazole rings is 1. The highest BCUT2D eigenvalue weighted by Crippen LogP contribution is 2.22. The molecule has 1 aromatic rings. The predicted molar refractivity (Wildman–Crippen MR) is 69.1 cm³/mol. The van der Waals surface area contributed by atoms with E-state index in [4.69, 9.17) is 0 Å². The summed E-state index contributed by atoms with van der Waals surface area (Å²) in [5, 5.41) is 13.0. The van der Waals surface area contributed by atoms with Crippen LogP contribution in [0.25, 0.3) is 0 Å². The summed E-state index contributed by atoms with van der Waals surface area (Å²) in [5.74, 6) is -1.81. The van der Waals surface area contributed by atoms with Crippen LogP contribution in [0, 0.1) is 0 Å². The second-order valence-electron chi connectivity index (χ2n) is 4.91. The summed E-state index contributed by atoms with van der Waals surface area (Å²) in [7, 11) is 0. The number of aromatic amines is 1. The molecule has 9 nitrogen and oxygen atoms in total. The van der Waals surface area contributed by atoms with Gasteiger partial charge in [-0.3, -0.25) is 9.59 Å². The number of carbonyl (C=O) groups is 3. The second kappa shape index (κ2) is 5.00. The molecule has 110 valence electrons. The number of amides is 2. The second-order valence-corrected chi connectivity index (χ2v) is 4.91. The van der Waals surface area contributed by atoms with Crippen LogP contribution in [0.5, 0.6) is 0 Å². The molecule has 2 aliphatic rings. The Bertz CT molecular complexity index is 650. The van der Waals surface area contributed by atoms with E-state index in [0.29, 0.717) is 5.69 Å². The molecular weight excluding hydrogens is 278 g/mol. The number of hydrogen-bond donors (Lipinski definition) is 3. The number of hydrogen-bond acceptors (Lipinski definition) is 5. The van der Waals surface area contributed by atoms with Crippen molar-refractivity contribution >= 4 is 23.5 Å². The van der Waals surface area contributed by atoms with Gasteiger partial charge in [0, 0.05) is 19.3 Å². The Kier molecular flexibility index (Phi) is 3.16. The van der Waals surface area contributed by atoms with E-state index in [-0.39, 0.29) is 37.4 Å². The van der Waals surface area contributed by atoms with Crippen LogP contribution in [-0.2, 0) is 27.3 Å². The third kappa shape index (κ3) is 2.37. The minimum absolute atomic E-state index is 0.137. The average molecular weight is 291 g/mol. The highest BCUT2D eigenvalue weighted by atomic mass is 16.4. The molecule has 0 saturated carbocycles. The van der Waals surface area contributed by atoms with E-state index in [1.54, 1.807) is 0 Å². The molecule has 1 aromatic heterocycles. The summed E-state index contributed by atoms with van der Waals surface area (Å²) >= 11 is 0. The lowest BCUT2D eigenvalue weighted by atomic mass is 10.0. The maximum Gasteiger partial charge on any atom is 0.326 e. The van der Waals surface area contributed by atoms with Gasteiger partial charge in [-0.05, 0) is 0 Å². The first-order valence-electron chi connectivity index (χ1n) is 6.46. The first kappa shape index (κ1) is 13.3. The molecule has 3 N–H and O–H groups in total. The largest absolute Gasteiger partial charge is 0.480 e. The maximum atomic E-state index is 12.5. The zero-order valence-corrected chi connectivity index (χ0v) is 11.0. The number of rotatable bonds is 2. The lowest BCUT2D eigenvalue weighted by Crippen LogP contribution is -2.51. The van der Waals surface area contributed by atoms with Gasteiger partial charge >= 0.3 is 5.97 Å². The highest BCUT2D eigenvalue weighted by Gasteiger charge is 2.38. The van der Waals surface area contributed by atoms with Crippen LogP contribution in [0.3, 0.4) is 0 Å². The van der Waals surface area contributed by atoms with E-state index in [9.17, 15) is 19.5 Å². The number of fused-ring (bicyclic) bond motifs is 1. The van der Waals surface area contributed by atoms with Gasteiger partial charge < -0.3 is 15.0 Å². The Morgan fingerprint density at radius 3 is 2.86 bits per heavy atom. The number of carbonyl (C=O) groups excluding carboxylic acids is 2. The van der Waals surface area contributed by atoms with Gasteiger partial charge in [-0.15, -0.1) is 0 Å². The van der Waals surface area contributed by atoms with Crippen molar-refractivity contribution in [3.8, 4) is 0 Å². The van der Waals surface area contributed by atoms with Crippen LogP contribution in [0.1, 0.15) is 24.2 Å². The molecule has 3 heterocycles. The molecule has 2 amide bonds. The van der Waals surface area contributed by atoms with Crippen molar-refractivity contribution in [3.05, 3.63) is 17.7 Å². The normalized spacial score (nSPS) is 21.3. The van der Waals surface area contributed by atoms with Crippen LogP contribution < -0.4 is 5.43 Å². The van der Waals surface area contributed by atoms with Gasteiger partial charge in [0.15, 0.2) is 0 Å². The van der Waals surface area contributed by atoms with Gasteiger partial charge in [0.2, 0.25) is 5.91 Å². The lowest BCUT2D eigenvalue weighted by molar-refractivity contribution is -0.149. The van der Waals surface area contributed by atoms with Crippen LogP contribution in [-0.4, -0.2) is 49.5 Å². The molecule has 0 saturated heterocycles. The van der Waals surface area contributed by atoms with Crippen molar-refractivity contribution in [1.82, 2.24) is 20.3 Å².